The van der Waals surface area contributed by atoms with Gasteiger partial charge >= 0.3 is 14.0 Å². The third-order valence-corrected chi connectivity index (χ3v) is 11.0. The van der Waals surface area contributed by atoms with Crippen LogP contribution in [0.25, 0.3) is 0 Å². The van der Waals surface area contributed by atoms with E-state index in [2.05, 4.69) is 10.6 Å². The van der Waals surface area contributed by atoms with Crippen LogP contribution in [0.4, 0.5) is 13.6 Å². The fraction of sp³-hybridized carbons (Fsp3) is 0.583. The van der Waals surface area contributed by atoms with Crippen LogP contribution >= 0.6 is 31.0 Å². The Morgan fingerprint density at radius 2 is 1.30 bits per heavy atom. The minimum Gasteiger partial charge on any atom is -0.484 e. The van der Waals surface area contributed by atoms with Crippen molar-refractivity contribution in [2.24, 2.45) is 0 Å². The predicted molar refractivity (Wildman–Crippen MR) is 195 cm³/mol. The van der Waals surface area contributed by atoms with Crippen molar-refractivity contribution in [3.63, 3.8) is 0 Å². The summed E-state index contributed by atoms with van der Waals surface area (Å²) in [5.74, 6) is -2.24. The maximum Gasteiger partial charge on any atom is 0.508 e. The van der Waals surface area contributed by atoms with Crippen molar-refractivity contribution in [3.8, 4) is 11.5 Å². The van der Waals surface area contributed by atoms with Crippen molar-refractivity contribution in [2.75, 3.05) is 26.4 Å². The van der Waals surface area contributed by atoms with E-state index in [0.29, 0.717) is 25.7 Å². The molecule has 2 aromatic carbocycles. The molecule has 2 aromatic rings. The van der Waals surface area contributed by atoms with Gasteiger partial charge in [-0.05, 0) is 91.5 Å². The number of benzene rings is 2. The van der Waals surface area contributed by atoms with E-state index in [9.17, 15) is 27.7 Å². The average Bonchev–Trinajstić information content (AvgIpc) is 3.04. The fourth-order valence-electron chi connectivity index (χ4n) is 6.15. The number of halogens is 4. The molecule has 0 saturated heterocycles. The van der Waals surface area contributed by atoms with Gasteiger partial charge in [-0.25, -0.2) is 18.1 Å². The SMILES string of the molecule is CC(C)(C)OP(=O)(OCCCOC(=O)OC1CC2(NC(=O)COc3ccc(Cl)c(F)c3)CCC1(NC(=O)COc1ccc(Cl)c(F)c1)CC2)OC(C)(C)C. The van der Waals surface area contributed by atoms with E-state index >= 15 is 0 Å². The average molecular weight is 824 g/mol. The molecule has 0 radical (unpaired) electrons. The summed E-state index contributed by atoms with van der Waals surface area (Å²) in [6.45, 7) is 9.08. The Bertz CT molecular complexity index is 1690. The number of amides is 2. The monoisotopic (exact) mass is 822 g/mol. The zero-order chi connectivity index (χ0) is 40.0. The van der Waals surface area contributed by atoms with Gasteiger partial charge in [0.15, 0.2) is 13.2 Å². The number of phosphoric ester groups is 1. The quantitative estimate of drug-likeness (QED) is 0.0959. The molecule has 300 valence electrons. The van der Waals surface area contributed by atoms with Crippen LogP contribution in [0.15, 0.2) is 36.4 Å². The molecule has 13 nitrogen and oxygen atoms in total. The van der Waals surface area contributed by atoms with Gasteiger partial charge in [-0.2, -0.15) is 0 Å². The third-order valence-electron chi connectivity index (χ3n) is 8.37. The van der Waals surface area contributed by atoms with Crippen molar-refractivity contribution in [2.45, 2.75) is 108 Å². The lowest BCUT2D eigenvalue weighted by molar-refractivity contribution is -0.139. The van der Waals surface area contributed by atoms with Crippen molar-refractivity contribution >= 4 is 49.0 Å². The lowest BCUT2D eigenvalue weighted by Gasteiger charge is -2.56. The van der Waals surface area contributed by atoms with Crippen LogP contribution in [-0.4, -0.2) is 72.8 Å². The van der Waals surface area contributed by atoms with Gasteiger partial charge in [0, 0.05) is 30.5 Å². The Morgan fingerprint density at radius 1 is 0.796 bits per heavy atom. The Balaban J connectivity index is 1.38. The molecule has 18 heteroatoms. The summed E-state index contributed by atoms with van der Waals surface area (Å²) < 4.78 is 79.8. The number of carbonyl (C=O) groups excluding carboxylic acids is 3. The summed E-state index contributed by atoms with van der Waals surface area (Å²) >= 11 is 11.5. The molecule has 54 heavy (non-hydrogen) atoms. The maximum absolute atomic E-state index is 13.9. The second kappa shape index (κ2) is 17.7. The Morgan fingerprint density at radius 3 is 1.78 bits per heavy atom. The smallest absolute Gasteiger partial charge is 0.484 e. The Hall–Kier alpha value is -3.20. The molecule has 0 heterocycles. The van der Waals surface area contributed by atoms with E-state index in [1.807, 2.05) is 0 Å². The van der Waals surface area contributed by atoms with Crippen molar-refractivity contribution in [1.29, 1.82) is 0 Å². The molecule has 2 amide bonds. The third kappa shape index (κ3) is 12.9. The number of carbonyl (C=O) groups is 3. The molecule has 0 aromatic heterocycles. The highest BCUT2D eigenvalue weighted by Crippen LogP contribution is 2.55. The molecular weight excluding hydrogens is 776 g/mol. The lowest BCUT2D eigenvalue weighted by Crippen LogP contribution is -2.71. The molecule has 2 N–H and O–H groups in total. The number of rotatable bonds is 16. The number of ether oxygens (including phenoxy) is 4. The molecule has 3 fully saturated rings. The lowest BCUT2D eigenvalue weighted by atomic mass is 9.59. The molecule has 0 aliphatic heterocycles. The largest absolute Gasteiger partial charge is 0.508 e. The molecule has 3 saturated carbocycles. The first kappa shape index (κ1) is 43.5. The summed E-state index contributed by atoms with van der Waals surface area (Å²) in [6.07, 6.45) is -0.313. The first-order valence-corrected chi connectivity index (χ1v) is 19.6. The standard InChI is InChI=1S/C36H47Cl2F2N2O11P/c1-33(2,3)52-54(46,53-34(4,5)6)50-17-7-16-47-32(45)51-29-20-35(41-30(43)21-48-23-8-10-25(37)27(39)18-23)12-14-36(29,15-13-35)42-31(44)22-49-24-9-11-26(38)28(40)19-24/h8-11,18-19,29H,7,12-17,20-22H2,1-6H3,(H,41,43)(H,42,44). The van der Waals surface area contributed by atoms with E-state index in [4.69, 9.17) is 55.7 Å². The zero-order valence-corrected chi connectivity index (χ0v) is 33.5. The van der Waals surface area contributed by atoms with Crippen molar-refractivity contribution in [1.82, 2.24) is 10.6 Å². The Kier molecular flexibility index (Phi) is 14.3. The minimum atomic E-state index is -3.97. The van der Waals surface area contributed by atoms with Crippen LogP contribution < -0.4 is 20.1 Å². The van der Waals surface area contributed by atoms with Crippen LogP contribution in [0.2, 0.25) is 10.0 Å². The highest BCUT2D eigenvalue weighted by molar-refractivity contribution is 7.48. The van der Waals surface area contributed by atoms with E-state index in [0.717, 1.165) is 12.1 Å². The minimum absolute atomic E-state index is 0.0868. The topological polar surface area (TPSA) is 157 Å². The molecule has 2 bridgehead atoms. The van der Waals surface area contributed by atoms with Gasteiger partial charge in [0.05, 0.1) is 40.0 Å². The summed E-state index contributed by atoms with van der Waals surface area (Å²) in [5.41, 5.74) is -3.52. The van der Waals surface area contributed by atoms with Crippen LogP contribution in [0.5, 0.6) is 11.5 Å². The second-order valence-electron chi connectivity index (χ2n) is 15.2. The van der Waals surface area contributed by atoms with E-state index in [-0.39, 0.29) is 47.6 Å². The van der Waals surface area contributed by atoms with Gasteiger partial charge in [-0.3, -0.25) is 23.2 Å². The van der Waals surface area contributed by atoms with Gasteiger partial charge in [0.2, 0.25) is 0 Å². The summed E-state index contributed by atoms with van der Waals surface area (Å²) in [5, 5.41) is 5.75. The van der Waals surface area contributed by atoms with E-state index in [1.54, 1.807) is 41.5 Å². The first-order valence-electron chi connectivity index (χ1n) is 17.4. The molecule has 1 atom stereocenters. The van der Waals surface area contributed by atoms with Gasteiger partial charge in [-0.15, -0.1) is 0 Å². The van der Waals surface area contributed by atoms with Gasteiger partial charge < -0.3 is 29.6 Å². The molecule has 5 rings (SSSR count). The van der Waals surface area contributed by atoms with Crippen molar-refractivity contribution < 1.29 is 60.2 Å². The highest BCUT2D eigenvalue weighted by Gasteiger charge is 2.57. The predicted octanol–water partition coefficient (Wildman–Crippen LogP) is 8.08. The number of fused-ring (bicyclic) bond motifs is 3. The maximum atomic E-state index is 13.9. The van der Waals surface area contributed by atoms with E-state index < -0.39 is 79.0 Å². The first-order chi connectivity index (χ1) is 25.1. The van der Waals surface area contributed by atoms with Gasteiger partial charge in [0.1, 0.15) is 29.2 Å². The fourth-order valence-corrected chi connectivity index (χ4v) is 8.22. The summed E-state index contributed by atoms with van der Waals surface area (Å²) in [4.78, 5) is 39.2. The van der Waals surface area contributed by atoms with Gasteiger partial charge in [-0.1, -0.05) is 23.2 Å². The molecule has 3 aliphatic rings. The van der Waals surface area contributed by atoms with Crippen molar-refractivity contribution in [3.05, 3.63) is 58.1 Å². The second-order valence-corrected chi connectivity index (χ2v) is 17.5. The number of hydrogen-bond acceptors (Lipinski definition) is 11. The molecular formula is C36H47Cl2F2N2O11P. The van der Waals surface area contributed by atoms with Crippen LogP contribution in [0, 0.1) is 11.6 Å². The number of phosphoric acid groups is 1. The zero-order valence-electron chi connectivity index (χ0n) is 31.1. The molecule has 0 spiro atoms. The van der Waals surface area contributed by atoms with Gasteiger partial charge in [0.25, 0.3) is 11.8 Å². The number of nitrogens with one attached hydrogen (secondary N) is 2. The van der Waals surface area contributed by atoms with E-state index in [1.165, 1.54) is 24.3 Å². The number of hydrogen-bond donors (Lipinski definition) is 2. The molecule has 3 aliphatic carbocycles. The van der Waals surface area contributed by atoms with Crippen LogP contribution in [0.1, 0.15) is 80.1 Å². The van der Waals surface area contributed by atoms with Crippen LogP contribution in [0.3, 0.4) is 0 Å². The normalized spacial score (nSPS) is 21.3. The molecule has 1 unspecified atom stereocenters. The Labute approximate surface area is 323 Å². The summed E-state index contributed by atoms with van der Waals surface area (Å²) in [6, 6.07) is 7.59. The van der Waals surface area contributed by atoms with Crippen LogP contribution in [-0.2, 0) is 37.2 Å². The summed E-state index contributed by atoms with van der Waals surface area (Å²) in [7, 11) is -3.97. The highest BCUT2D eigenvalue weighted by atomic mass is 35.5.